The Kier molecular flexibility index (Phi) is 2.91. The van der Waals surface area contributed by atoms with Crippen LogP contribution in [0.2, 0.25) is 0 Å². The number of nitrogens with zero attached hydrogens (tertiary/aromatic N) is 1. The van der Waals surface area contributed by atoms with E-state index in [2.05, 4.69) is 19.2 Å². The zero-order valence-corrected chi connectivity index (χ0v) is 8.25. The largest absolute Gasteiger partial charge is 0.378 e. The molecule has 1 aromatic rings. The van der Waals surface area contributed by atoms with Gasteiger partial charge in [0.15, 0.2) is 0 Å². The molecule has 0 unspecified atom stereocenters. The number of rotatable bonds is 3. The minimum Gasteiger partial charge on any atom is -0.378 e. The molecule has 0 amide bonds. The van der Waals surface area contributed by atoms with Gasteiger partial charge in [0.2, 0.25) is 0 Å². The van der Waals surface area contributed by atoms with Crippen molar-refractivity contribution in [1.82, 2.24) is 4.90 Å². The molecule has 0 aliphatic carbocycles. The van der Waals surface area contributed by atoms with Crippen molar-refractivity contribution in [2.45, 2.75) is 0 Å². The molecule has 0 aliphatic rings. The molecule has 0 fully saturated rings. The van der Waals surface area contributed by atoms with Gasteiger partial charge in [-0.1, -0.05) is 43.5 Å². The van der Waals surface area contributed by atoms with Crippen molar-refractivity contribution in [3.8, 4) is 0 Å². The fraction of sp³-hybridized carbons (Fsp3) is 0.167. The molecule has 0 saturated heterocycles. The van der Waals surface area contributed by atoms with E-state index < -0.39 is 0 Å². The zero-order valence-electron chi connectivity index (χ0n) is 8.25. The molecule has 0 N–H and O–H groups in total. The van der Waals surface area contributed by atoms with Crippen molar-refractivity contribution < 1.29 is 0 Å². The lowest BCUT2D eigenvalue weighted by atomic mass is 10.1. The molecule has 0 aromatic heterocycles. The van der Waals surface area contributed by atoms with Gasteiger partial charge in [-0.15, -0.1) is 0 Å². The third kappa shape index (κ3) is 2.00. The van der Waals surface area contributed by atoms with Crippen LogP contribution in [-0.2, 0) is 0 Å². The first-order chi connectivity index (χ1) is 6.16. The summed E-state index contributed by atoms with van der Waals surface area (Å²) >= 11 is 0. The minimum atomic E-state index is 1.01. The van der Waals surface area contributed by atoms with Crippen LogP contribution in [0.15, 0.2) is 37.4 Å². The summed E-state index contributed by atoms with van der Waals surface area (Å²) in [7, 11) is 3.98. The molecule has 13 heavy (non-hydrogen) atoms. The van der Waals surface area contributed by atoms with E-state index in [9.17, 15) is 0 Å². The average Bonchev–Trinajstić information content (AvgIpc) is 2.16. The zero-order chi connectivity index (χ0) is 9.84. The molecule has 0 spiro atoms. The molecule has 0 aliphatic heterocycles. The molecule has 68 valence electrons. The first-order valence-corrected chi connectivity index (χ1v) is 4.25. The maximum atomic E-state index is 4.01. The van der Waals surface area contributed by atoms with Crippen LogP contribution in [0, 0.1) is 0 Å². The van der Waals surface area contributed by atoms with Crippen LogP contribution in [0.5, 0.6) is 0 Å². The Morgan fingerprint density at radius 1 is 1.31 bits per heavy atom. The Labute approximate surface area is 80.0 Å². The molecular weight excluding hydrogens is 158 g/mol. The smallest absolute Gasteiger partial charge is 0.0367 e. The van der Waals surface area contributed by atoms with E-state index in [1.54, 1.807) is 0 Å². The Balaban J connectivity index is 3.13. The Bertz CT molecular complexity index is 324. The molecule has 1 heteroatoms. The highest BCUT2D eigenvalue weighted by Crippen LogP contribution is 2.19. The van der Waals surface area contributed by atoms with Crippen molar-refractivity contribution in [3.05, 3.63) is 48.6 Å². The van der Waals surface area contributed by atoms with Crippen LogP contribution in [0.3, 0.4) is 0 Å². The van der Waals surface area contributed by atoms with Crippen molar-refractivity contribution in [1.29, 1.82) is 0 Å². The van der Waals surface area contributed by atoms with E-state index in [0.717, 1.165) is 16.8 Å². The molecule has 1 aromatic carbocycles. The third-order valence-electron chi connectivity index (χ3n) is 2.03. The van der Waals surface area contributed by atoms with Gasteiger partial charge in [0.25, 0.3) is 0 Å². The Hall–Kier alpha value is -1.50. The summed E-state index contributed by atoms with van der Waals surface area (Å²) < 4.78 is 0. The molecule has 0 heterocycles. The standard InChI is InChI=1S/C12H15N/c1-5-11-8-6-7-9-12(11)10(2)13(3)4/h5-9H,1-2H2,3-4H3. The van der Waals surface area contributed by atoms with Gasteiger partial charge in [-0.05, 0) is 5.56 Å². The quantitative estimate of drug-likeness (QED) is 0.679. The molecule has 0 saturated carbocycles. The van der Waals surface area contributed by atoms with Gasteiger partial charge in [0, 0.05) is 25.4 Å². The minimum absolute atomic E-state index is 1.01. The summed E-state index contributed by atoms with van der Waals surface area (Å²) in [4.78, 5) is 2.00. The summed E-state index contributed by atoms with van der Waals surface area (Å²) in [6.07, 6.45) is 1.85. The van der Waals surface area contributed by atoms with E-state index in [1.807, 2.05) is 43.3 Å². The summed E-state index contributed by atoms with van der Waals surface area (Å²) in [6, 6.07) is 8.11. The van der Waals surface area contributed by atoms with Crippen LogP contribution in [-0.4, -0.2) is 19.0 Å². The van der Waals surface area contributed by atoms with Crippen LogP contribution < -0.4 is 0 Å². The normalized spacial score (nSPS) is 9.38. The van der Waals surface area contributed by atoms with Crippen molar-refractivity contribution in [3.63, 3.8) is 0 Å². The van der Waals surface area contributed by atoms with Crippen molar-refractivity contribution in [2.75, 3.05) is 14.1 Å². The predicted octanol–water partition coefficient (Wildman–Crippen LogP) is 2.86. The predicted molar refractivity (Wildman–Crippen MR) is 59.3 cm³/mol. The topological polar surface area (TPSA) is 3.24 Å². The lowest BCUT2D eigenvalue weighted by Gasteiger charge is -2.17. The highest BCUT2D eigenvalue weighted by molar-refractivity contribution is 5.71. The first kappa shape index (κ1) is 9.59. The monoisotopic (exact) mass is 173 g/mol. The maximum Gasteiger partial charge on any atom is 0.0367 e. The van der Waals surface area contributed by atoms with E-state index >= 15 is 0 Å². The van der Waals surface area contributed by atoms with E-state index in [-0.39, 0.29) is 0 Å². The highest BCUT2D eigenvalue weighted by Gasteiger charge is 2.03. The maximum absolute atomic E-state index is 4.01. The van der Waals surface area contributed by atoms with Gasteiger partial charge >= 0.3 is 0 Å². The van der Waals surface area contributed by atoms with Gasteiger partial charge in [-0.2, -0.15) is 0 Å². The summed E-state index contributed by atoms with van der Waals surface area (Å²) in [5.74, 6) is 0. The van der Waals surface area contributed by atoms with Crippen molar-refractivity contribution in [2.24, 2.45) is 0 Å². The van der Waals surface area contributed by atoms with Crippen LogP contribution in [0.1, 0.15) is 11.1 Å². The lowest BCUT2D eigenvalue weighted by Crippen LogP contribution is -2.09. The second kappa shape index (κ2) is 3.94. The number of hydrogen-bond donors (Lipinski definition) is 0. The van der Waals surface area contributed by atoms with Crippen LogP contribution in [0.4, 0.5) is 0 Å². The van der Waals surface area contributed by atoms with Gasteiger partial charge in [-0.3, -0.25) is 0 Å². The molecule has 1 rings (SSSR count). The first-order valence-electron chi connectivity index (χ1n) is 4.25. The summed E-state index contributed by atoms with van der Waals surface area (Å²) in [5.41, 5.74) is 3.28. The average molecular weight is 173 g/mol. The third-order valence-corrected chi connectivity index (χ3v) is 2.03. The van der Waals surface area contributed by atoms with E-state index in [1.165, 1.54) is 0 Å². The van der Waals surface area contributed by atoms with Crippen molar-refractivity contribution >= 4 is 11.8 Å². The second-order valence-corrected chi connectivity index (χ2v) is 3.13. The fourth-order valence-electron chi connectivity index (χ4n) is 1.18. The molecular formula is C12H15N. The molecule has 1 nitrogen and oxygen atoms in total. The summed E-state index contributed by atoms with van der Waals surface area (Å²) in [6.45, 7) is 7.78. The SMILES string of the molecule is C=Cc1ccccc1C(=C)N(C)C. The molecule has 0 bridgehead atoms. The number of hydrogen-bond acceptors (Lipinski definition) is 1. The van der Waals surface area contributed by atoms with E-state index in [0.29, 0.717) is 0 Å². The van der Waals surface area contributed by atoms with E-state index in [4.69, 9.17) is 0 Å². The van der Waals surface area contributed by atoms with Gasteiger partial charge in [0.1, 0.15) is 0 Å². The van der Waals surface area contributed by atoms with Gasteiger partial charge in [0.05, 0.1) is 0 Å². The number of benzene rings is 1. The second-order valence-electron chi connectivity index (χ2n) is 3.13. The molecule has 0 radical (unpaired) electrons. The Morgan fingerprint density at radius 2 is 1.92 bits per heavy atom. The summed E-state index contributed by atoms with van der Waals surface area (Å²) in [5, 5.41) is 0. The molecule has 0 atom stereocenters. The Morgan fingerprint density at radius 3 is 2.46 bits per heavy atom. The van der Waals surface area contributed by atoms with Gasteiger partial charge in [-0.25, -0.2) is 0 Å². The van der Waals surface area contributed by atoms with Gasteiger partial charge < -0.3 is 4.90 Å². The van der Waals surface area contributed by atoms with Crippen LogP contribution >= 0.6 is 0 Å². The lowest BCUT2D eigenvalue weighted by molar-refractivity contribution is 0.593. The fourth-order valence-corrected chi connectivity index (χ4v) is 1.18. The highest BCUT2D eigenvalue weighted by atomic mass is 15.1. The van der Waals surface area contributed by atoms with Crippen LogP contribution in [0.25, 0.3) is 11.8 Å².